The molecule has 6 heteroatoms. The third-order valence-corrected chi connectivity index (χ3v) is 2.26. The van der Waals surface area contributed by atoms with E-state index in [4.69, 9.17) is 4.74 Å². The Morgan fingerprint density at radius 3 is 2.80 bits per heavy atom. The average Bonchev–Trinajstić information content (AvgIpc) is 2.11. The standard InChI is InChI=1S/C9H11N3O3/c1-6-8(12(13)14)2-3-9(11-6)15-7-4-10-5-7/h2-3,7,10H,4-5H2,1H3. The van der Waals surface area contributed by atoms with Crippen molar-refractivity contribution in [2.45, 2.75) is 13.0 Å². The smallest absolute Gasteiger partial charge is 0.290 e. The van der Waals surface area contributed by atoms with Crippen LogP contribution in [0, 0.1) is 17.0 Å². The van der Waals surface area contributed by atoms with E-state index in [1.54, 1.807) is 6.92 Å². The van der Waals surface area contributed by atoms with E-state index in [1.165, 1.54) is 12.1 Å². The first kappa shape index (κ1) is 9.85. The van der Waals surface area contributed by atoms with Crippen LogP contribution in [0.1, 0.15) is 5.69 Å². The number of nitrogens with zero attached hydrogens (tertiary/aromatic N) is 2. The van der Waals surface area contributed by atoms with Gasteiger partial charge in [0.2, 0.25) is 5.88 Å². The lowest BCUT2D eigenvalue weighted by molar-refractivity contribution is -0.385. The molecule has 1 aromatic rings. The van der Waals surface area contributed by atoms with Crippen molar-refractivity contribution in [3.8, 4) is 5.88 Å². The van der Waals surface area contributed by atoms with E-state index in [-0.39, 0.29) is 11.8 Å². The molecule has 0 saturated carbocycles. The first-order chi connectivity index (χ1) is 7.16. The van der Waals surface area contributed by atoms with Crippen molar-refractivity contribution in [1.29, 1.82) is 0 Å². The van der Waals surface area contributed by atoms with Gasteiger partial charge in [-0.1, -0.05) is 0 Å². The Morgan fingerprint density at radius 2 is 2.33 bits per heavy atom. The molecule has 0 bridgehead atoms. The number of rotatable bonds is 3. The maximum atomic E-state index is 10.5. The lowest BCUT2D eigenvalue weighted by Crippen LogP contribution is -2.50. The van der Waals surface area contributed by atoms with Gasteiger partial charge in [0.15, 0.2) is 0 Å². The zero-order valence-electron chi connectivity index (χ0n) is 8.27. The Labute approximate surface area is 86.4 Å². The van der Waals surface area contributed by atoms with Gasteiger partial charge in [0.1, 0.15) is 11.8 Å². The number of ether oxygens (including phenoxy) is 1. The summed E-state index contributed by atoms with van der Waals surface area (Å²) in [5.74, 6) is 0.449. The highest BCUT2D eigenvalue weighted by molar-refractivity contribution is 5.36. The molecule has 0 amide bonds. The van der Waals surface area contributed by atoms with Crippen LogP contribution in [-0.4, -0.2) is 29.1 Å². The number of pyridine rings is 1. The van der Waals surface area contributed by atoms with E-state index < -0.39 is 4.92 Å². The van der Waals surface area contributed by atoms with Crippen LogP contribution in [0.4, 0.5) is 5.69 Å². The Morgan fingerprint density at radius 1 is 1.60 bits per heavy atom. The monoisotopic (exact) mass is 209 g/mol. The topological polar surface area (TPSA) is 77.3 Å². The van der Waals surface area contributed by atoms with Crippen molar-refractivity contribution in [2.75, 3.05) is 13.1 Å². The summed E-state index contributed by atoms with van der Waals surface area (Å²) in [5.41, 5.74) is 0.402. The highest BCUT2D eigenvalue weighted by Gasteiger charge is 2.20. The van der Waals surface area contributed by atoms with Crippen molar-refractivity contribution in [3.05, 3.63) is 27.9 Å². The van der Waals surface area contributed by atoms with Crippen LogP contribution in [-0.2, 0) is 0 Å². The number of nitrogens with one attached hydrogen (secondary N) is 1. The quantitative estimate of drug-likeness (QED) is 0.584. The molecule has 0 spiro atoms. The summed E-state index contributed by atoms with van der Waals surface area (Å²) in [6.07, 6.45) is 0.137. The fraction of sp³-hybridized carbons (Fsp3) is 0.444. The molecule has 1 fully saturated rings. The molecule has 0 aliphatic carbocycles. The highest BCUT2D eigenvalue weighted by atomic mass is 16.6. The molecule has 1 aromatic heterocycles. The Kier molecular flexibility index (Phi) is 2.51. The molecule has 80 valence electrons. The van der Waals surface area contributed by atoms with E-state index in [0.29, 0.717) is 11.6 Å². The summed E-state index contributed by atoms with van der Waals surface area (Å²) < 4.78 is 5.47. The van der Waals surface area contributed by atoms with Crippen molar-refractivity contribution in [3.63, 3.8) is 0 Å². The van der Waals surface area contributed by atoms with Crippen LogP contribution in [0.2, 0.25) is 0 Å². The Bertz CT molecular complexity index is 390. The van der Waals surface area contributed by atoms with Gasteiger partial charge in [0.25, 0.3) is 5.69 Å². The zero-order chi connectivity index (χ0) is 10.8. The largest absolute Gasteiger partial charge is 0.472 e. The minimum absolute atomic E-state index is 0.0223. The second-order valence-electron chi connectivity index (χ2n) is 3.41. The first-order valence-electron chi connectivity index (χ1n) is 4.66. The van der Waals surface area contributed by atoms with Crippen LogP contribution < -0.4 is 10.1 Å². The predicted molar refractivity (Wildman–Crippen MR) is 52.9 cm³/mol. The Balaban J connectivity index is 2.13. The van der Waals surface area contributed by atoms with Crippen LogP contribution in [0.5, 0.6) is 5.88 Å². The van der Waals surface area contributed by atoms with Gasteiger partial charge in [-0.2, -0.15) is 0 Å². The summed E-state index contributed by atoms with van der Waals surface area (Å²) in [4.78, 5) is 14.1. The molecule has 15 heavy (non-hydrogen) atoms. The molecular formula is C9H11N3O3. The van der Waals surface area contributed by atoms with Gasteiger partial charge >= 0.3 is 0 Å². The molecule has 2 rings (SSSR count). The van der Waals surface area contributed by atoms with Crippen molar-refractivity contribution >= 4 is 5.69 Å². The average molecular weight is 209 g/mol. The fourth-order valence-electron chi connectivity index (χ4n) is 1.31. The normalized spacial score (nSPS) is 15.8. The maximum Gasteiger partial charge on any atom is 0.290 e. The lowest BCUT2D eigenvalue weighted by Gasteiger charge is -2.27. The first-order valence-corrected chi connectivity index (χ1v) is 4.66. The zero-order valence-corrected chi connectivity index (χ0v) is 8.27. The van der Waals surface area contributed by atoms with Gasteiger partial charge in [-0.05, 0) is 6.92 Å². The fourth-order valence-corrected chi connectivity index (χ4v) is 1.31. The lowest BCUT2D eigenvalue weighted by atomic mass is 10.2. The van der Waals surface area contributed by atoms with Crippen LogP contribution in [0.15, 0.2) is 12.1 Å². The third kappa shape index (κ3) is 2.04. The second-order valence-corrected chi connectivity index (χ2v) is 3.41. The van der Waals surface area contributed by atoms with E-state index in [9.17, 15) is 10.1 Å². The van der Waals surface area contributed by atoms with E-state index in [2.05, 4.69) is 10.3 Å². The molecule has 0 aromatic carbocycles. The molecule has 0 unspecified atom stereocenters. The third-order valence-electron chi connectivity index (χ3n) is 2.26. The number of aromatic nitrogens is 1. The van der Waals surface area contributed by atoms with E-state index in [0.717, 1.165) is 13.1 Å². The van der Waals surface area contributed by atoms with Gasteiger partial charge in [-0.15, -0.1) is 0 Å². The molecular weight excluding hydrogens is 198 g/mol. The second kappa shape index (κ2) is 3.82. The molecule has 1 N–H and O–H groups in total. The number of nitro groups is 1. The van der Waals surface area contributed by atoms with Gasteiger partial charge in [-0.3, -0.25) is 10.1 Å². The molecule has 0 atom stereocenters. The predicted octanol–water partition coefficient (Wildman–Crippen LogP) is 0.649. The van der Waals surface area contributed by atoms with Crippen LogP contribution in [0.3, 0.4) is 0 Å². The molecule has 1 aliphatic rings. The van der Waals surface area contributed by atoms with Crippen molar-refractivity contribution in [1.82, 2.24) is 10.3 Å². The molecule has 6 nitrogen and oxygen atoms in total. The SMILES string of the molecule is Cc1nc(OC2CNC2)ccc1[N+](=O)[O-]. The highest BCUT2D eigenvalue weighted by Crippen LogP contribution is 2.20. The van der Waals surface area contributed by atoms with Gasteiger partial charge < -0.3 is 10.1 Å². The minimum Gasteiger partial charge on any atom is -0.472 e. The molecule has 2 heterocycles. The van der Waals surface area contributed by atoms with E-state index in [1.807, 2.05) is 0 Å². The molecule has 0 radical (unpaired) electrons. The summed E-state index contributed by atoms with van der Waals surface area (Å²) in [5, 5.41) is 13.6. The summed E-state index contributed by atoms with van der Waals surface area (Å²) in [6, 6.07) is 2.95. The van der Waals surface area contributed by atoms with Gasteiger partial charge in [-0.25, -0.2) is 4.98 Å². The van der Waals surface area contributed by atoms with Crippen LogP contribution >= 0.6 is 0 Å². The number of hydrogen-bond acceptors (Lipinski definition) is 5. The summed E-state index contributed by atoms with van der Waals surface area (Å²) >= 11 is 0. The summed E-state index contributed by atoms with van der Waals surface area (Å²) in [7, 11) is 0. The van der Waals surface area contributed by atoms with Crippen molar-refractivity contribution in [2.24, 2.45) is 0 Å². The van der Waals surface area contributed by atoms with Gasteiger partial charge in [0.05, 0.1) is 4.92 Å². The van der Waals surface area contributed by atoms with Crippen molar-refractivity contribution < 1.29 is 9.66 Å². The molecule has 1 aliphatic heterocycles. The van der Waals surface area contributed by atoms with Gasteiger partial charge in [0, 0.05) is 25.2 Å². The number of aryl methyl sites for hydroxylation is 1. The number of hydrogen-bond donors (Lipinski definition) is 1. The minimum atomic E-state index is -0.447. The van der Waals surface area contributed by atoms with Crippen LogP contribution in [0.25, 0.3) is 0 Å². The van der Waals surface area contributed by atoms with E-state index >= 15 is 0 Å². The Hall–Kier alpha value is -1.69. The molecule has 1 saturated heterocycles. The summed E-state index contributed by atoms with van der Waals surface area (Å²) in [6.45, 7) is 3.21. The maximum absolute atomic E-state index is 10.5.